The minimum Gasteiger partial charge on any atom is -0.449 e. The molecule has 0 aliphatic rings. The van der Waals surface area contributed by atoms with Crippen LogP contribution in [0.4, 0.5) is 0 Å². The molecule has 0 amide bonds. The van der Waals surface area contributed by atoms with Gasteiger partial charge in [0.05, 0.1) is 0 Å². The average Bonchev–Trinajstić information content (AvgIpc) is 2.86. The van der Waals surface area contributed by atoms with Crippen molar-refractivity contribution in [2.45, 2.75) is 0 Å². The van der Waals surface area contributed by atoms with E-state index >= 15 is 0 Å². The second-order valence-corrected chi connectivity index (χ2v) is 6.20. The molecule has 4 aromatic rings. The summed E-state index contributed by atoms with van der Waals surface area (Å²) >= 11 is 9.42. The molecule has 0 saturated carbocycles. The van der Waals surface area contributed by atoms with Gasteiger partial charge in [-0.2, -0.15) is 0 Å². The third-order valence-electron chi connectivity index (χ3n) is 3.38. The van der Waals surface area contributed by atoms with Crippen LogP contribution in [0.5, 0.6) is 0 Å². The van der Waals surface area contributed by atoms with Gasteiger partial charge in [-0.15, -0.1) is 0 Å². The van der Waals surface area contributed by atoms with Gasteiger partial charge in [-0.05, 0) is 30.3 Å². The molecule has 0 saturated heterocycles. The van der Waals surface area contributed by atoms with Gasteiger partial charge >= 0.3 is 0 Å². The van der Waals surface area contributed by atoms with Gasteiger partial charge in [0.15, 0.2) is 0 Å². The number of fused-ring (bicyclic) bond motifs is 3. The summed E-state index contributed by atoms with van der Waals surface area (Å²) in [4.78, 5) is 19.6. The zero-order valence-corrected chi connectivity index (χ0v) is 13.4. The molecule has 0 bridgehead atoms. The van der Waals surface area contributed by atoms with Gasteiger partial charge in [-0.1, -0.05) is 39.7 Å². The van der Waals surface area contributed by atoms with E-state index in [1.165, 1.54) is 0 Å². The molecule has 2 aromatic heterocycles. The van der Waals surface area contributed by atoms with E-state index in [9.17, 15) is 4.79 Å². The summed E-state index contributed by atoms with van der Waals surface area (Å²) in [5, 5.41) is 1.37. The summed E-state index contributed by atoms with van der Waals surface area (Å²) in [5.74, 6) is 0.461. The average molecular weight is 376 g/mol. The first-order chi connectivity index (χ1) is 10.6. The predicted molar refractivity (Wildman–Crippen MR) is 90.3 cm³/mol. The smallest absolute Gasteiger partial charge is 0.294 e. The van der Waals surface area contributed by atoms with E-state index < -0.39 is 0 Å². The highest BCUT2D eigenvalue weighted by Gasteiger charge is 2.14. The zero-order chi connectivity index (χ0) is 15.3. The predicted octanol–water partition coefficient (Wildman–Crippen LogP) is 4.75. The Hall–Kier alpha value is -2.11. The molecule has 22 heavy (non-hydrogen) atoms. The molecule has 4 rings (SSSR count). The number of benzene rings is 2. The molecule has 0 radical (unpaired) electrons. The van der Waals surface area contributed by atoms with Gasteiger partial charge < -0.3 is 9.40 Å². The van der Waals surface area contributed by atoms with E-state index in [4.69, 9.17) is 16.0 Å². The molecule has 0 unspecified atom stereocenters. The number of H-pyrrole nitrogens is 1. The lowest BCUT2D eigenvalue weighted by Crippen LogP contribution is -2.08. The number of hydrogen-bond donors (Lipinski definition) is 1. The van der Waals surface area contributed by atoms with Crippen molar-refractivity contribution < 1.29 is 4.42 Å². The SMILES string of the molecule is O=c1[nH]c(-c2cccc(Cl)c2)nc2c1oc1ccc(Br)cc12. The second-order valence-electron chi connectivity index (χ2n) is 4.85. The fourth-order valence-electron chi connectivity index (χ4n) is 2.40. The van der Waals surface area contributed by atoms with Crippen LogP contribution >= 0.6 is 27.5 Å². The summed E-state index contributed by atoms with van der Waals surface area (Å²) in [6, 6.07) is 12.7. The molecule has 0 aliphatic carbocycles. The van der Waals surface area contributed by atoms with Crippen LogP contribution in [0.25, 0.3) is 33.5 Å². The van der Waals surface area contributed by atoms with Gasteiger partial charge in [-0.25, -0.2) is 4.98 Å². The first-order valence-corrected chi connectivity index (χ1v) is 7.67. The number of furan rings is 1. The molecule has 2 aromatic carbocycles. The highest BCUT2D eigenvalue weighted by Crippen LogP contribution is 2.29. The maximum absolute atomic E-state index is 12.3. The lowest BCUT2D eigenvalue weighted by Gasteiger charge is -2.01. The first kappa shape index (κ1) is 13.5. The molecule has 108 valence electrons. The van der Waals surface area contributed by atoms with Gasteiger partial charge in [0.25, 0.3) is 5.56 Å². The Morgan fingerprint density at radius 3 is 2.86 bits per heavy atom. The summed E-state index contributed by atoms with van der Waals surface area (Å²) in [5.41, 5.74) is 1.82. The van der Waals surface area contributed by atoms with Crippen molar-refractivity contribution in [2.24, 2.45) is 0 Å². The molecular formula is C16H8BrClN2O2. The molecule has 0 fully saturated rings. The quantitative estimate of drug-likeness (QED) is 0.522. The number of rotatable bonds is 1. The van der Waals surface area contributed by atoms with Crippen molar-refractivity contribution in [3.05, 3.63) is 62.3 Å². The van der Waals surface area contributed by atoms with E-state index in [0.29, 0.717) is 21.9 Å². The van der Waals surface area contributed by atoms with Crippen LogP contribution < -0.4 is 5.56 Å². The van der Waals surface area contributed by atoms with Crippen LogP contribution in [-0.4, -0.2) is 9.97 Å². The van der Waals surface area contributed by atoms with Crippen LogP contribution in [0.15, 0.2) is 56.1 Å². The normalized spacial score (nSPS) is 11.4. The number of hydrogen-bond acceptors (Lipinski definition) is 3. The van der Waals surface area contributed by atoms with Crippen LogP contribution in [0.3, 0.4) is 0 Å². The van der Waals surface area contributed by atoms with Crippen molar-refractivity contribution in [3.63, 3.8) is 0 Å². The maximum Gasteiger partial charge on any atom is 0.294 e. The van der Waals surface area contributed by atoms with Crippen LogP contribution in [0, 0.1) is 0 Å². The highest BCUT2D eigenvalue weighted by molar-refractivity contribution is 9.10. The van der Waals surface area contributed by atoms with Gasteiger partial charge in [0, 0.05) is 20.4 Å². The minimum atomic E-state index is -0.313. The van der Waals surface area contributed by atoms with Crippen molar-refractivity contribution in [1.29, 1.82) is 0 Å². The molecule has 4 nitrogen and oxygen atoms in total. The van der Waals surface area contributed by atoms with Crippen molar-refractivity contribution in [2.75, 3.05) is 0 Å². The number of aromatic amines is 1. The van der Waals surface area contributed by atoms with E-state index in [1.54, 1.807) is 18.2 Å². The Morgan fingerprint density at radius 1 is 1.18 bits per heavy atom. The largest absolute Gasteiger partial charge is 0.449 e. The van der Waals surface area contributed by atoms with Crippen molar-refractivity contribution in [1.82, 2.24) is 9.97 Å². The lowest BCUT2D eigenvalue weighted by atomic mass is 10.2. The molecular weight excluding hydrogens is 368 g/mol. The van der Waals surface area contributed by atoms with Gasteiger partial charge in [0.1, 0.15) is 16.9 Å². The van der Waals surface area contributed by atoms with E-state index in [2.05, 4.69) is 25.9 Å². The summed E-state index contributed by atoms with van der Waals surface area (Å²) in [6.07, 6.45) is 0. The fraction of sp³-hybridized carbons (Fsp3) is 0. The maximum atomic E-state index is 12.3. The molecule has 0 atom stereocenters. The molecule has 6 heteroatoms. The first-order valence-electron chi connectivity index (χ1n) is 6.50. The van der Waals surface area contributed by atoms with Gasteiger partial charge in [-0.3, -0.25) is 4.79 Å². The fourth-order valence-corrected chi connectivity index (χ4v) is 2.95. The van der Waals surface area contributed by atoms with Gasteiger partial charge in [0.2, 0.25) is 5.58 Å². The number of aromatic nitrogens is 2. The van der Waals surface area contributed by atoms with Crippen molar-refractivity contribution >= 4 is 49.6 Å². The molecule has 1 N–H and O–H groups in total. The monoisotopic (exact) mass is 374 g/mol. The van der Waals surface area contributed by atoms with E-state index in [1.807, 2.05) is 24.3 Å². The Kier molecular flexibility index (Phi) is 3.06. The summed E-state index contributed by atoms with van der Waals surface area (Å²) < 4.78 is 6.50. The molecule has 0 spiro atoms. The lowest BCUT2D eigenvalue weighted by molar-refractivity contribution is 0.661. The zero-order valence-electron chi connectivity index (χ0n) is 11.1. The molecule has 2 heterocycles. The van der Waals surface area contributed by atoms with Crippen LogP contribution in [0.2, 0.25) is 5.02 Å². The third-order valence-corrected chi connectivity index (χ3v) is 4.11. The van der Waals surface area contributed by atoms with Crippen molar-refractivity contribution in [3.8, 4) is 11.4 Å². The van der Waals surface area contributed by atoms with E-state index in [0.717, 1.165) is 15.4 Å². The minimum absolute atomic E-state index is 0.221. The van der Waals surface area contributed by atoms with Crippen LogP contribution in [-0.2, 0) is 0 Å². The topological polar surface area (TPSA) is 58.9 Å². The summed E-state index contributed by atoms with van der Waals surface area (Å²) in [6.45, 7) is 0. The highest BCUT2D eigenvalue weighted by atomic mass is 79.9. The molecule has 0 aliphatic heterocycles. The van der Waals surface area contributed by atoms with E-state index in [-0.39, 0.29) is 11.1 Å². The number of nitrogens with zero attached hydrogens (tertiary/aromatic N) is 1. The Morgan fingerprint density at radius 2 is 2.05 bits per heavy atom. The third kappa shape index (κ3) is 2.14. The Balaban J connectivity index is 2.08. The van der Waals surface area contributed by atoms with Crippen LogP contribution in [0.1, 0.15) is 0 Å². The second kappa shape index (κ2) is 4.97. The Labute approximate surface area is 137 Å². The number of nitrogens with one attached hydrogen (secondary N) is 1. The standard InChI is InChI=1S/C16H8BrClN2O2/c17-9-4-5-12-11(7-9)13-14(22-12)16(21)20-15(19-13)8-2-1-3-10(18)6-8/h1-7H,(H,19,20,21). The summed E-state index contributed by atoms with van der Waals surface area (Å²) in [7, 11) is 0. The number of halogens is 2. The Bertz CT molecular complexity index is 1080.